The van der Waals surface area contributed by atoms with Crippen LogP contribution >= 0.6 is 51.3 Å². The third-order valence-corrected chi connectivity index (χ3v) is 4.94. The van der Waals surface area contributed by atoms with Crippen molar-refractivity contribution in [3.8, 4) is 0 Å². The average molecular weight is 470 g/mol. The Morgan fingerprint density at radius 3 is 2.62 bits per heavy atom. The molecule has 0 spiro atoms. The number of benzene rings is 2. The molecule has 0 aliphatic heterocycles. The highest BCUT2D eigenvalue weighted by molar-refractivity contribution is 9.10. The summed E-state index contributed by atoms with van der Waals surface area (Å²) in [6.45, 7) is 2.73. The molecule has 134 valence electrons. The summed E-state index contributed by atoms with van der Waals surface area (Å²) in [7, 11) is 0. The third-order valence-electron chi connectivity index (χ3n) is 3.59. The number of rotatable bonds is 4. The molecular formula is C18H15BrCl2N4S. The first kappa shape index (κ1) is 19.2. The Hall–Kier alpha value is -1.60. The first-order valence-electron chi connectivity index (χ1n) is 7.72. The minimum absolute atomic E-state index is 0.371. The largest absolute Gasteiger partial charge is 0.331 e. The Bertz CT molecular complexity index is 941. The second-order valence-electron chi connectivity index (χ2n) is 5.71. The van der Waals surface area contributed by atoms with Crippen LogP contribution < -0.4 is 10.6 Å². The molecule has 0 saturated carbocycles. The van der Waals surface area contributed by atoms with E-state index in [-0.39, 0.29) is 0 Å². The molecule has 1 aromatic heterocycles. The van der Waals surface area contributed by atoms with Gasteiger partial charge in [0.25, 0.3) is 0 Å². The summed E-state index contributed by atoms with van der Waals surface area (Å²) in [4.78, 5) is 0. The van der Waals surface area contributed by atoms with Crippen molar-refractivity contribution < 1.29 is 0 Å². The Kier molecular flexibility index (Phi) is 6.19. The summed E-state index contributed by atoms with van der Waals surface area (Å²) in [5.74, 6) is 0.618. The fourth-order valence-electron chi connectivity index (χ4n) is 2.30. The van der Waals surface area contributed by atoms with Crippen molar-refractivity contribution in [1.82, 2.24) is 9.78 Å². The number of aromatic nitrogens is 2. The maximum absolute atomic E-state index is 6.14. The van der Waals surface area contributed by atoms with Gasteiger partial charge in [-0.1, -0.05) is 53.0 Å². The van der Waals surface area contributed by atoms with Crippen LogP contribution in [0.25, 0.3) is 0 Å². The molecule has 0 bridgehead atoms. The molecular weight excluding hydrogens is 455 g/mol. The number of hydrogen-bond donors (Lipinski definition) is 2. The van der Waals surface area contributed by atoms with E-state index in [1.165, 1.54) is 11.1 Å². The van der Waals surface area contributed by atoms with Gasteiger partial charge in [0.15, 0.2) is 10.9 Å². The molecule has 1 heterocycles. The highest BCUT2D eigenvalue weighted by Crippen LogP contribution is 2.26. The number of halogens is 3. The second-order valence-corrected chi connectivity index (χ2v) is 7.82. The van der Waals surface area contributed by atoms with Gasteiger partial charge in [-0.15, -0.1) is 0 Å². The maximum Gasteiger partial charge on any atom is 0.176 e. The fourth-order valence-corrected chi connectivity index (χ4v) is 3.26. The lowest BCUT2D eigenvalue weighted by atomic mass is 10.1. The van der Waals surface area contributed by atoms with E-state index in [1.807, 2.05) is 10.9 Å². The molecule has 8 heteroatoms. The smallest absolute Gasteiger partial charge is 0.176 e. The molecule has 0 unspecified atom stereocenters. The maximum atomic E-state index is 6.14. The molecule has 26 heavy (non-hydrogen) atoms. The van der Waals surface area contributed by atoms with Crippen molar-refractivity contribution in [2.45, 2.75) is 13.5 Å². The zero-order valence-corrected chi connectivity index (χ0v) is 17.7. The minimum Gasteiger partial charge on any atom is -0.331 e. The standard InChI is InChI=1S/C18H15BrCl2N4S/c1-11-2-4-12(5-3-11)9-25-10-14(19)17(24-25)23-18(26)22-16-8-13(20)6-7-15(16)21/h2-8,10H,9H2,1H3,(H2,22,23,24,26). The van der Waals surface area contributed by atoms with Crippen molar-refractivity contribution in [2.75, 3.05) is 10.6 Å². The van der Waals surface area contributed by atoms with Gasteiger partial charge in [0.1, 0.15) is 0 Å². The first-order chi connectivity index (χ1) is 12.4. The van der Waals surface area contributed by atoms with Gasteiger partial charge in [-0.05, 0) is 58.8 Å². The SMILES string of the molecule is Cc1ccc(Cn2cc(Br)c(NC(=S)Nc3cc(Cl)ccc3Cl)n2)cc1. The van der Waals surface area contributed by atoms with Gasteiger partial charge in [0, 0.05) is 11.2 Å². The van der Waals surface area contributed by atoms with Gasteiger partial charge in [-0.25, -0.2) is 0 Å². The van der Waals surface area contributed by atoms with E-state index in [2.05, 4.69) is 62.9 Å². The normalized spacial score (nSPS) is 10.6. The fraction of sp³-hybridized carbons (Fsp3) is 0.111. The van der Waals surface area contributed by atoms with Crippen LogP contribution in [0.2, 0.25) is 10.0 Å². The van der Waals surface area contributed by atoms with Crippen LogP contribution in [-0.2, 0) is 6.54 Å². The topological polar surface area (TPSA) is 41.9 Å². The summed E-state index contributed by atoms with van der Waals surface area (Å²) < 4.78 is 2.65. The van der Waals surface area contributed by atoms with E-state index in [0.29, 0.717) is 33.2 Å². The molecule has 4 nitrogen and oxygen atoms in total. The van der Waals surface area contributed by atoms with Crippen molar-refractivity contribution in [2.24, 2.45) is 0 Å². The lowest BCUT2D eigenvalue weighted by Gasteiger charge is -2.11. The van der Waals surface area contributed by atoms with Crippen molar-refractivity contribution in [3.63, 3.8) is 0 Å². The zero-order valence-electron chi connectivity index (χ0n) is 13.8. The minimum atomic E-state index is 0.371. The van der Waals surface area contributed by atoms with Crippen LogP contribution in [0.1, 0.15) is 11.1 Å². The van der Waals surface area contributed by atoms with Gasteiger partial charge < -0.3 is 10.6 Å². The van der Waals surface area contributed by atoms with Gasteiger partial charge in [0.05, 0.1) is 21.7 Å². The van der Waals surface area contributed by atoms with Crippen LogP contribution in [0.5, 0.6) is 0 Å². The van der Waals surface area contributed by atoms with Crippen LogP contribution in [0, 0.1) is 6.92 Å². The lowest BCUT2D eigenvalue weighted by Crippen LogP contribution is -2.20. The quantitative estimate of drug-likeness (QED) is 0.451. The van der Waals surface area contributed by atoms with E-state index in [1.54, 1.807) is 18.2 Å². The molecule has 3 rings (SSSR count). The number of nitrogens with one attached hydrogen (secondary N) is 2. The molecule has 0 aliphatic carbocycles. The highest BCUT2D eigenvalue weighted by atomic mass is 79.9. The number of thiocarbonyl (C=S) groups is 1. The van der Waals surface area contributed by atoms with E-state index >= 15 is 0 Å². The molecule has 0 atom stereocenters. The van der Waals surface area contributed by atoms with E-state index in [9.17, 15) is 0 Å². The van der Waals surface area contributed by atoms with Crippen LogP contribution in [-0.4, -0.2) is 14.9 Å². The second kappa shape index (κ2) is 8.39. The van der Waals surface area contributed by atoms with Gasteiger partial charge in [-0.3, -0.25) is 4.68 Å². The van der Waals surface area contributed by atoms with Crippen molar-refractivity contribution in [1.29, 1.82) is 0 Å². The number of anilines is 2. The van der Waals surface area contributed by atoms with Crippen molar-refractivity contribution in [3.05, 3.63) is 74.3 Å². The number of nitrogens with zero attached hydrogens (tertiary/aromatic N) is 2. The van der Waals surface area contributed by atoms with Gasteiger partial charge in [0.2, 0.25) is 0 Å². The summed E-state index contributed by atoms with van der Waals surface area (Å²) >= 11 is 21.0. The van der Waals surface area contributed by atoms with E-state index in [4.69, 9.17) is 35.4 Å². The molecule has 0 aliphatic rings. The van der Waals surface area contributed by atoms with E-state index in [0.717, 1.165) is 4.47 Å². The van der Waals surface area contributed by atoms with E-state index < -0.39 is 0 Å². The molecule has 2 N–H and O–H groups in total. The van der Waals surface area contributed by atoms with Gasteiger partial charge >= 0.3 is 0 Å². The number of aryl methyl sites for hydroxylation is 1. The molecule has 3 aromatic rings. The Labute approximate surface area is 175 Å². The monoisotopic (exact) mass is 468 g/mol. The summed E-state index contributed by atoms with van der Waals surface area (Å²) in [6, 6.07) is 13.5. The van der Waals surface area contributed by atoms with Gasteiger partial charge in [-0.2, -0.15) is 5.10 Å². The van der Waals surface area contributed by atoms with Crippen LogP contribution in [0.15, 0.2) is 53.1 Å². The third kappa shape index (κ3) is 4.98. The Morgan fingerprint density at radius 1 is 1.15 bits per heavy atom. The van der Waals surface area contributed by atoms with Crippen molar-refractivity contribution >= 4 is 68.0 Å². The van der Waals surface area contributed by atoms with Crippen LogP contribution in [0.3, 0.4) is 0 Å². The molecule has 2 aromatic carbocycles. The summed E-state index contributed by atoms with van der Waals surface area (Å²) in [5, 5.41) is 12.1. The molecule has 0 amide bonds. The summed E-state index contributed by atoms with van der Waals surface area (Å²) in [5.41, 5.74) is 3.03. The first-order valence-corrected chi connectivity index (χ1v) is 9.68. The predicted octanol–water partition coefficient (Wildman–Crippen LogP) is 6.12. The lowest BCUT2D eigenvalue weighted by molar-refractivity contribution is 0.689. The molecule has 0 fully saturated rings. The number of hydrogen-bond acceptors (Lipinski definition) is 2. The average Bonchev–Trinajstić information content (AvgIpc) is 2.92. The molecule has 0 saturated heterocycles. The summed E-state index contributed by atoms with van der Waals surface area (Å²) in [6.07, 6.45) is 1.90. The molecule has 0 radical (unpaired) electrons. The predicted molar refractivity (Wildman–Crippen MR) is 117 cm³/mol. The Balaban J connectivity index is 1.68. The zero-order chi connectivity index (χ0) is 18.7. The Morgan fingerprint density at radius 2 is 1.88 bits per heavy atom. The highest BCUT2D eigenvalue weighted by Gasteiger charge is 2.10. The van der Waals surface area contributed by atoms with Crippen LogP contribution in [0.4, 0.5) is 11.5 Å².